The van der Waals surface area contributed by atoms with E-state index in [1.165, 1.54) is 25.9 Å². The molecule has 2 aliphatic heterocycles. The van der Waals surface area contributed by atoms with Gasteiger partial charge in [0.25, 0.3) is 0 Å². The van der Waals surface area contributed by atoms with Crippen molar-refractivity contribution >= 4 is 0 Å². The summed E-state index contributed by atoms with van der Waals surface area (Å²) in [5.74, 6) is 1.60. The molecule has 0 unspecified atom stereocenters. The van der Waals surface area contributed by atoms with Crippen LogP contribution in [0.3, 0.4) is 0 Å². The molecule has 3 aliphatic rings. The lowest BCUT2D eigenvalue weighted by Crippen LogP contribution is -2.55. The van der Waals surface area contributed by atoms with Crippen LogP contribution in [0.5, 0.6) is 0 Å². The normalized spacial score (nSPS) is 31.2. The number of likely N-dealkylation sites (tertiary alicyclic amines) is 1. The van der Waals surface area contributed by atoms with E-state index in [-0.39, 0.29) is 5.79 Å². The Bertz CT molecular complexity index is 257. The smallest absolute Gasteiger partial charge is 0.168 e. The summed E-state index contributed by atoms with van der Waals surface area (Å²) in [5, 5.41) is 0. The van der Waals surface area contributed by atoms with E-state index in [1.54, 1.807) is 0 Å². The highest BCUT2D eigenvalue weighted by molar-refractivity contribution is 4.92. The molecule has 3 rings (SSSR count). The van der Waals surface area contributed by atoms with Crippen molar-refractivity contribution in [1.29, 1.82) is 0 Å². The molecular formula is C14H25NO2. The summed E-state index contributed by atoms with van der Waals surface area (Å²) >= 11 is 0. The number of hydrogen-bond acceptors (Lipinski definition) is 3. The quantitative estimate of drug-likeness (QED) is 0.738. The van der Waals surface area contributed by atoms with Gasteiger partial charge in [-0.1, -0.05) is 13.8 Å². The Hall–Kier alpha value is -0.120. The van der Waals surface area contributed by atoms with Crippen LogP contribution in [0.1, 0.15) is 39.5 Å². The van der Waals surface area contributed by atoms with Gasteiger partial charge in [0.2, 0.25) is 0 Å². The highest BCUT2D eigenvalue weighted by Crippen LogP contribution is 2.39. The van der Waals surface area contributed by atoms with Crippen LogP contribution >= 0.6 is 0 Å². The van der Waals surface area contributed by atoms with E-state index in [0.717, 1.165) is 43.9 Å². The summed E-state index contributed by atoms with van der Waals surface area (Å²) in [6.07, 6.45) is 4.71. The lowest BCUT2D eigenvalue weighted by molar-refractivity contribution is -0.187. The molecule has 0 bridgehead atoms. The van der Waals surface area contributed by atoms with Crippen molar-refractivity contribution in [3.05, 3.63) is 0 Å². The summed E-state index contributed by atoms with van der Waals surface area (Å²) in [6, 6.07) is 0.795. The van der Waals surface area contributed by atoms with E-state index in [2.05, 4.69) is 18.7 Å². The molecule has 2 saturated heterocycles. The van der Waals surface area contributed by atoms with Crippen molar-refractivity contribution in [3.8, 4) is 0 Å². The maximum atomic E-state index is 5.78. The van der Waals surface area contributed by atoms with Gasteiger partial charge in [0, 0.05) is 32.0 Å². The summed E-state index contributed by atoms with van der Waals surface area (Å²) in [6.45, 7) is 8.91. The third-order valence-corrected chi connectivity index (χ3v) is 4.93. The minimum atomic E-state index is -0.182. The Kier molecular flexibility index (Phi) is 3.18. The molecule has 1 aliphatic carbocycles. The van der Waals surface area contributed by atoms with E-state index in [4.69, 9.17) is 9.47 Å². The third-order valence-electron chi connectivity index (χ3n) is 4.93. The fourth-order valence-corrected chi connectivity index (χ4v) is 3.46. The van der Waals surface area contributed by atoms with Gasteiger partial charge in [-0.25, -0.2) is 0 Å². The molecule has 0 atom stereocenters. The summed E-state index contributed by atoms with van der Waals surface area (Å²) in [4.78, 5) is 2.67. The largest absolute Gasteiger partial charge is 0.348 e. The topological polar surface area (TPSA) is 21.7 Å². The molecule has 0 N–H and O–H groups in total. The van der Waals surface area contributed by atoms with Crippen LogP contribution in [-0.2, 0) is 9.47 Å². The van der Waals surface area contributed by atoms with E-state index >= 15 is 0 Å². The van der Waals surface area contributed by atoms with Crippen molar-refractivity contribution in [1.82, 2.24) is 4.90 Å². The van der Waals surface area contributed by atoms with Gasteiger partial charge < -0.3 is 9.47 Å². The van der Waals surface area contributed by atoms with Crippen LogP contribution in [0, 0.1) is 11.8 Å². The van der Waals surface area contributed by atoms with Crippen molar-refractivity contribution in [2.24, 2.45) is 11.8 Å². The van der Waals surface area contributed by atoms with Gasteiger partial charge in [-0.15, -0.1) is 0 Å². The molecule has 2 heterocycles. The number of ether oxygens (including phenoxy) is 2. The lowest BCUT2D eigenvalue weighted by atomic mass is 9.82. The molecule has 0 aromatic carbocycles. The zero-order valence-corrected chi connectivity index (χ0v) is 11.2. The fraction of sp³-hybridized carbons (Fsp3) is 1.00. The van der Waals surface area contributed by atoms with Gasteiger partial charge in [-0.05, 0) is 24.7 Å². The zero-order chi connectivity index (χ0) is 11.9. The predicted octanol–water partition coefficient (Wildman–Crippen LogP) is 2.26. The SMILES string of the molecule is CC(C)C1CN(C2CCC3(CC2)OCCO3)C1. The summed E-state index contributed by atoms with van der Waals surface area (Å²) in [5.41, 5.74) is 0. The lowest BCUT2D eigenvalue weighted by Gasteiger charge is -2.49. The van der Waals surface area contributed by atoms with Gasteiger partial charge >= 0.3 is 0 Å². The second kappa shape index (κ2) is 4.52. The molecule has 1 spiro atoms. The summed E-state index contributed by atoms with van der Waals surface area (Å²) in [7, 11) is 0. The first-order valence-corrected chi connectivity index (χ1v) is 7.20. The van der Waals surface area contributed by atoms with E-state index in [9.17, 15) is 0 Å². The highest BCUT2D eigenvalue weighted by atomic mass is 16.7. The van der Waals surface area contributed by atoms with Gasteiger partial charge in [-0.3, -0.25) is 4.90 Å². The average Bonchev–Trinajstić information content (AvgIpc) is 2.67. The number of hydrogen-bond donors (Lipinski definition) is 0. The molecule has 3 heteroatoms. The molecule has 0 aromatic rings. The van der Waals surface area contributed by atoms with Gasteiger partial charge in [-0.2, -0.15) is 0 Å². The minimum absolute atomic E-state index is 0.182. The maximum Gasteiger partial charge on any atom is 0.168 e. The van der Waals surface area contributed by atoms with E-state index in [0.29, 0.717) is 0 Å². The Morgan fingerprint density at radius 2 is 1.65 bits per heavy atom. The second-order valence-corrected chi connectivity index (χ2v) is 6.30. The Morgan fingerprint density at radius 1 is 1.06 bits per heavy atom. The first kappa shape index (κ1) is 11.9. The Balaban J connectivity index is 1.46. The number of nitrogens with zero attached hydrogens (tertiary/aromatic N) is 1. The molecular weight excluding hydrogens is 214 g/mol. The van der Waals surface area contributed by atoms with Gasteiger partial charge in [0.05, 0.1) is 13.2 Å². The zero-order valence-electron chi connectivity index (χ0n) is 11.2. The summed E-state index contributed by atoms with van der Waals surface area (Å²) < 4.78 is 11.6. The van der Waals surface area contributed by atoms with Crippen molar-refractivity contribution < 1.29 is 9.47 Å². The van der Waals surface area contributed by atoms with Crippen LogP contribution in [0.25, 0.3) is 0 Å². The average molecular weight is 239 g/mol. The highest BCUT2D eigenvalue weighted by Gasteiger charge is 2.43. The van der Waals surface area contributed by atoms with Crippen LogP contribution < -0.4 is 0 Å². The molecule has 3 fully saturated rings. The predicted molar refractivity (Wildman–Crippen MR) is 66.8 cm³/mol. The van der Waals surface area contributed by atoms with Gasteiger partial charge in [0.15, 0.2) is 5.79 Å². The fourth-order valence-electron chi connectivity index (χ4n) is 3.46. The Labute approximate surface area is 104 Å². The molecule has 17 heavy (non-hydrogen) atoms. The molecule has 0 aromatic heterocycles. The second-order valence-electron chi connectivity index (χ2n) is 6.30. The van der Waals surface area contributed by atoms with Crippen molar-refractivity contribution in [3.63, 3.8) is 0 Å². The van der Waals surface area contributed by atoms with Crippen LogP contribution in [0.2, 0.25) is 0 Å². The monoisotopic (exact) mass is 239 g/mol. The van der Waals surface area contributed by atoms with Crippen LogP contribution in [0.4, 0.5) is 0 Å². The van der Waals surface area contributed by atoms with Crippen molar-refractivity contribution in [2.45, 2.75) is 51.4 Å². The van der Waals surface area contributed by atoms with Gasteiger partial charge in [0.1, 0.15) is 0 Å². The standard InChI is InChI=1S/C14H25NO2/c1-11(2)12-9-15(10-12)13-3-5-14(6-4-13)16-7-8-17-14/h11-13H,3-10H2,1-2H3. The van der Waals surface area contributed by atoms with Crippen molar-refractivity contribution in [2.75, 3.05) is 26.3 Å². The molecule has 0 amide bonds. The molecule has 98 valence electrons. The molecule has 0 radical (unpaired) electrons. The molecule has 3 nitrogen and oxygen atoms in total. The number of rotatable bonds is 2. The maximum absolute atomic E-state index is 5.78. The van der Waals surface area contributed by atoms with E-state index < -0.39 is 0 Å². The minimum Gasteiger partial charge on any atom is -0.348 e. The molecule has 1 saturated carbocycles. The van der Waals surface area contributed by atoms with Crippen LogP contribution in [0.15, 0.2) is 0 Å². The van der Waals surface area contributed by atoms with E-state index in [1.807, 2.05) is 0 Å². The third kappa shape index (κ3) is 2.25. The van der Waals surface area contributed by atoms with Crippen LogP contribution in [-0.4, -0.2) is 43.0 Å². The Morgan fingerprint density at radius 3 is 2.18 bits per heavy atom. The first-order valence-electron chi connectivity index (χ1n) is 7.20. The first-order chi connectivity index (χ1) is 8.19.